The van der Waals surface area contributed by atoms with Gasteiger partial charge in [0.2, 0.25) is 11.8 Å². The summed E-state index contributed by atoms with van der Waals surface area (Å²) < 4.78 is 11.9. The van der Waals surface area contributed by atoms with Crippen molar-refractivity contribution in [3.05, 3.63) is 29.3 Å². The molecule has 2 aromatic rings. The van der Waals surface area contributed by atoms with Crippen LogP contribution in [0.5, 0.6) is 11.5 Å². The van der Waals surface area contributed by atoms with E-state index < -0.39 is 5.41 Å². The molecule has 2 amide bonds. The van der Waals surface area contributed by atoms with Gasteiger partial charge in [-0.25, -0.2) is 9.88 Å². The van der Waals surface area contributed by atoms with Crippen LogP contribution in [0.4, 0.5) is 10.8 Å². The number of fused-ring (bicyclic) bond motifs is 1. The number of benzene rings is 1. The zero-order valence-electron chi connectivity index (χ0n) is 19.1. The highest BCUT2D eigenvalue weighted by atomic mass is 35.5. The summed E-state index contributed by atoms with van der Waals surface area (Å²) >= 11 is 1.42. The van der Waals surface area contributed by atoms with Gasteiger partial charge < -0.3 is 14.4 Å². The van der Waals surface area contributed by atoms with Crippen molar-refractivity contribution in [1.82, 2.24) is 9.88 Å². The maximum absolute atomic E-state index is 12.9. The van der Waals surface area contributed by atoms with Crippen LogP contribution in [0.1, 0.15) is 25.3 Å². The molecule has 3 aliphatic heterocycles. The van der Waals surface area contributed by atoms with E-state index in [0.717, 1.165) is 55.0 Å². The van der Waals surface area contributed by atoms with E-state index in [1.54, 1.807) is 0 Å². The van der Waals surface area contributed by atoms with Crippen LogP contribution < -0.4 is 19.3 Å². The van der Waals surface area contributed by atoms with E-state index >= 15 is 0 Å². The maximum Gasteiger partial charge on any atom is 0.240 e. The van der Waals surface area contributed by atoms with Crippen molar-refractivity contribution >= 4 is 46.4 Å². The summed E-state index contributed by atoms with van der Waals surface area (Å²) in [6.07, 6.45) is 0.235. The van der Waals surface area contributed by atoms with Gasteiger partial charge in [-0.05, 0) is 19.1 Å². The van der Waals surface area contributed by atoms with Crippen LogP contribution in [0.15, 0.2) is 24.3 Å². The predicted octanol–water partition coefficient (Wildman–Crippen LogP) is 3.12. The normalized spacial score (nSPS) is 22.5. The molecule has 0 N–H and O–H groups in total. The summed E-state index contributed by atoms with van der Waals surface area (Å²) in [5, 5.41) is 1.52. The number of thiazole rings is 1. The molecule has 178 valence electrons. The Morgan fingerprint density at radius 3 is 2.48 bits per heavy atom. The first-order valence-corrected chi connectivity index (χ1v) is 11.8. The zero-order valence-corrected chi connectivity index (χ0v) is 20.7. The van der Waals surface area contributed by atoms with Gasteiger partial charge in [0.25, 0.3) is 0 Å². The quantitative estimate of drug-likeness (QED) is 0.607. The zero-order chi connectivity index (χ0) is 22.5. The van der Waals surface area contributed by atoms with E-state index in [9.17, 15) is 9.59 Å². The molecule has 3 aliphatic rings. The van der Waals surface area contributed by atoms with Gasteiger partial charge in [0.1, 0.15) is 17.7 Å². The van der Waals surface area contributed by atoms with Gasteiger partial charge in [-0.15, -0.1) is 12.4 Å². The van der Waals surface area contributed by atoms with Gasteiger partial charge in [0, 0.05) is 39.1 Å². The average molecular weight is 493 g/mol. The largest absolute Gasteiger partial charge is 0.486 e. The van der Waals surface area contributed by atoms with Gasteiger partial charge in [0.15, 0.2) is 17.3 Å². The highest BCUT2D eigenvalue weighted by Gasteiger charge is 2.47. The van der Waals surface area contributed by atoms with Crippen LogP contribution >= 0.6 is 23.7 Å². The molecule has 1 atom stereocenters. The lowest BCUT2D eigenvalue weighted by molar-refractivity contribution is -0.124. The monoisotopic (exact) mass is 492 g/mol. The first kappa shape index (κ1) is 23.8. The molecule has 0 saturated carbocycles. The Bertz CT molecular complexity index is 1050. The fourth-order valence-corrected chi connectivity index (χ4v) is 5.45. The number of imide groups is 1. The van der Waals surface area contributed by atoms with Gasteiger partial charge in [-0.2, -0.15) is 0 Å². The van der Waals surface area contributed by atoms with Gasteiger partial charge >= 0.3 is 0 Å². The Balaban J connectivity index is 0.00000259. The van der Waals surface area contributed by atoms with Crippen molar-refractivity contribution in [2.45, 2.75) is 33.3 Å². The van der Waals surface area contributed by atoms with Gasteiger partial charge in [-0.3, -0.25) is 14.5 Å². The number of hydrogen-bond donors (Lipinski definition) is 0. The number of carbonyl (C=O) groups is 2. The lowest BCUT2D eigenvalue weighted by Crippen LogP contribution is -2.51. The van der Waals surface area contributed by atoms with Gasteiger partial charge in [0.05, 0.1) is 10.4 Å². The first-order chi connectivity index (χ1) is 15.3. The number of nitrogens with zero attached hydrogens (tertiary/aromatic N) is 4. The van der Waals surface area contributed by atoms with Crippen molar-refractivity contribution < 1.29 is 19.1 Å². The number of para-hydroxylation sites is 2. The molecule has 0 spiro atoms. The molecule has 5 rings (SSSR count). The van der Waals surface area contributed by atoms with Crippen molar-refractivity contribution in [1.29, 1.82) is 0 Å². The lowest BCUT2D eigenvalue weighted by atomic mass is 9.92. The Morgan fingerprint density at radius 1 is 1.12 bits per heavy atom. The minimum Gasteiger partial charge on any atom is -0.486 e. The molecule has 0 bridgehead atoms. The van der Waals surface area contributed by atoms with Crippen LogP contribution in [0, 0.1) is 12.3 Å². The summed E-state index contributed by atoms with van der Waals surface area (Å²) in [5.74, 6) is 2.07. The molecule has 2 saturated heterocycles. The molecular weight excluding hydrogens is 464 g/mol. The number of halogens is 1. The van der Waals surface area contributed by atoms with Crippen molar-refractivity contribution in [3.63, 3.8) is 0 Å². The van der Waals surface area contributed by atoms with E-state index in [0.29, 0.717) is 11.6 Å². The second-order valence-electron chi connectivity index (χ2n) is 9.24. The fourth-order valence-electron chi connectivity index (χ4n) is 4.49. The van der Waals surface area contributed by atoms with E-state index in [-0.39, 0.29) is 36.7 Å². The number of carbonyl (C=O) groups excluding carboxylic acids is 2. The van der Waals surface area contributed by atoms with E-state index in [2.05, 4.69) is 9.80 Å². The van der Waals surface area contributed by atoms with Crippen LogP contribution in [0.25, 0.3) is 0 Å². The van der Waals surface area contributed by atoms with E-state index in [1.165, 1.54) is 16.2 Å². The van der Waals surface area contributed by atoms with E-state index in [1.807, 2.05) is 45.0 Å². The Morgan fingerprint density at radius 2 is 1.82 bits per heavy atom. The smallest absolute Gasteiger partial charge is 0.240 e. The Hall–Kier alpha value is -2.36. The van der Waals surface area contributed by atoms with Crippen molar-refractivity contribution in [3.8, 4) is 11.5 Å². The molecule has 8 nitrogen and oxygen atoms in total. The highest BCUT2D eigenvalue weighted by molar-refractivity contribution is 7.16. The second kappa shape index (κ2) is 9.12. The van der Waals surface area contributed by atoms with E-state index in [4.69, 9.17) is 14.5 Å². The Labute approximate surface area is 203 Å². The van der Waals surface area contributed by atoms with Crippen molar-refractivity contribution in [2.24, 2.45) is 5.41 Å². The van der Waals surface area contributed by atoms with Crippen LogP contribution in [0.3, 0.4) is 0 Å². The summed E-state index contributed by atoms with van der Waals surface area (Å²) in [6.45, 7) is 10.2. The maximum atomic E-state index is 12.9. The summed E-state index contributed by atoms with van der Waals surface area (Å²) in [7, 11) is 0. The average Bonchev–Trinajstić information content (AvgIpc) is 3.23. The molecule has 10 heteroatoms. The number of aryl methyl sites for hydroxylation is 1. The number of piperazine rings is 1. The molecule has 33 heavy (non-hydrogen) atoms. The molecule has 4 heterocycles. The molecule has 1 unspecified atom stereocenters. The number of aromatic nitrogens is 1. The molecule has 2 fully saturated rings. The highest BCUT2D eigenvalue weighted by Crippen LogP contribution is 2.42. The number of ether oxygens (including phenoxy) is 2. The topological polar surface area (TPSA) is 75.2 Å². The minimum atomic E-state index is -0.661. The summed E-state index contributed by atoms with van der Waals surface area (Å²) in [4.78, 5) is 36.1. The number of hydrogen-bond acceptors (Lipinski definition) is 8. The molecule has 1 aromatic heterocycles. The van der Waals surface area contributed by atoms with Gasteiger partial charge in [-0.1, -0.05) is 37.3 Å². The predicted molar refractivity (Wildman–Crippen MR) is 130 cm³/mol. The minimum absolute atomic E-state index is 0. The third-order valence-corrected chi connectivity index (χ3v) is 7.17. The summed E-state index contributed by atoms with van der Waals surface area (Å²) in [6, 6.07) is 7.76. The third-order valence-electron chi connectivity index (χ3n) is 6.23. The fraction of sp³-hybridized carbons (Fsp3) is 0.522. The van der Waals surface area contributed by atoms with Crippen molar-refractivity contribution in [2.75, 3.05) is 49.1 Å². The van der Waals surface area contributed by atoms with Crippen LogP contribution in [-0.4, -0.2) is 67.1 Å². The molecule has 1 aromatic carbocycles. The lowest BCUT2D eigenvalue weighted by Gasteiger charge is -2.38. The number of anilines is 2. The molecular formula is C23H29ClN4O4S. The molecule has 0 aliphatic carbocycles. The second-order valence-corrected chi connectivity index (χ2v) is 10.4. The number of amides is 2. The summed E-state index contributed by atoms with van der Waals surface area (Å²) in [5.41, 5.74) is -0.661. The van der Waals surface area contributed by atoms with Crippen LogP contribution in [-0.2, 0) is 9.59 Å². The van der Waals surface area contributed by atoms with Crippen LogP contribution in [0.2, 0.25) is 0 Å². The first-order valence-electron chi connectivity index (χ1n) is 11.0. The standard InChI is InChI=1S/C23H28N4O4S.ClH/c1-15-24-20(21(32-15)27-19(28)12-23(2,3)22(27)29)26-10-8-25(9-11-26)13-16-14-30-17-6-4-5-7-18(17)31-16;/h4-7,16H,8-14H2,1-3H3;1H. The SMILES string of the molecule is Cc1nc(N2CCN(CC3COc4ccccc4O3)CC2)c(N2C(=O)CC(C)(C)C2=O)s1.Cl. The Kier molecular flexibility index (Phi) is 6.57. The molecule has 0 radical (unpaired) electrons. The third kappa shape index (κ3) is 4.54. The number of rotatable bonds is 4.